The van der Waals surface area contributed by atoms with Crippen molar-refractivity contribution in [1.82, 2.24) is 4.57 Å². The quantitative estimate of drug-likeness (QED) is 0.709. The lowest BCUT2D eigenvalue weighted by Crippen LogP contribution is -2.07. The van der Waals surface area contributed by atoms with Gasteiger partial charge in [0.2, 0.25) is 0 Å². The molecule has 0 amide bonds. The lowest BCUT2D eigenvalue weighted by Gasteiger charge is -2.08. The molecule has 1 aromatic heterocycles. The molecule has 19 heavy (non-hydrogen) atoms. The fourth-order valence-electron chi connectivity index (χ4n) is 2.08. The van der Waals surface area contributed by atoms with Crippen LogP contribution in [0.25, 0.3) is 10.9 Å². The number of hydrogen-bond donors (Lipinski definition) is 0. The van der Waals surface area contributed by atoms with Crippen LogP contribution in [0.4, 0.5) is 0 Å². The van der Waals surface area contributed by atoms with E-state index in [1.54, 1.807) is 7.11 Å². The Morgan fingerprint density at radius 1 is 1.16 bits per heavy atom. The van der Waals surface area contributed by atoms with E-state index in [1.807, 2.05) is 6.07 Å². The van der Waals surface area contributed by atoms with E-state index in [9.17, 15) is 0 Å². The van der Waals surface area contributed by atoms with Gasteiger partial charge in [-0.3, -0.25) is 0 Å². The smallest absolute Gasteiger partial charge is 0.119 e. The van der Waals surface area contributed by atoms with Gasteiger partial charge in [-0.05, 0) is 36.6 Å². The van der Waals surface area contributed by atoms with Crippen LogP contribution in [0.5, 0.6) is 5.75 Å². The first kappa shape index (κ1) is 13.9. The minimum Gasteiger partial charge on any atom is -0.497 e. The third-order valence-electron chi connectivity index (χ3n) is 3.29. The van der Waals surface area contributed by atoms with Crippen molar-refractivity contribution in [3.8, 4) is 5.75 Å². The fraction of sp³-hybridized carbons (Fsp3) is 0.500. The maximum Gasteiger partial charge on any atom is 0.119 e. The number of benzene rings is 1. The van der Waals surface area contributed by atoms with Gasteiger partial charge in [0.25, 0.3) is 0 Å². The molecule has 104 valence electrons. The van der Waals surface area contributed by atoms with Crippen molar-refractivity contribution in [3.63, 3.8) is 0 Å². The van der Waals surface area contributed by atoms with Gasteiger partial charge in [0.1, 0.15) is 5.75 Å². The molecule has 3 heteroatoms. The molecule has 0 bridgehead atoms. The first-order chi connectivity index (χ1) is 9.20. The standard InChI is InChI=1S/C16H23NO2/c1-13(2)7-10-19-11-9-17-8-6-14-12-15(18-3)4-5-16(14)17/h4-6,8,12-13H,7,9-11H2,1-3H3. The summed E-state index contributed by atoms with van der Waals surface area (Å²) in [5.74, 6) is 1.61. The van der Waals surface area contributed by atoms with Crippen molar-refractivity contribution in [2.75, 3.05) is 20.3 Å². The second-order valence-corrected chi connectivity index (χ2v) is 5.23. The lowest BCUT2D eigenvalue weighted by molar-refractivity contribution is 0.117. The number of hydrogen-bond acceptors (Lipinski definition) is 2. The van der Waals surface area contributed by atoms with Crippen molar-refractivity contribution < 1.29 is 9.47 Å². The Bertz CT molecular complexity index is 516. The molecule has 2 aromatic rings. The number of rotatable bonds is 7. The summed E-state index contributed by atoms with van der Waals surface area (Å²) in [4.78, 5) is 0. The van der Waals surface area contributed by atoms with Crippen LogP contribution in [0.1, 0.15) is 20.3 Å². The topological polar surface area (TPSA) is 23.4 Å². The molecule has 0 atom stereocenters. The predicted octanol–water partition coefficient (Wildman–Crippen LogP) is 3.71. The number of nitrogens with zero attached hydrogens (tertiary/aromatic N) is 1. The van der Waals surface area contributed by atoms with Gasteiger partial charge in [-0.25, -0.2) is 0 Å². The summed E-state index contributed by atoms with van der Waals surface area (Å²) >= 11 is 0. The molecule has 0 unspecified atom stereocenters. The van der Waals surface area contributed by atoms with Crippen LogP contribution in [0.2, 0.25) is 0 Å². The summed E-state index contributed by atoms with van der Waals surface area (Å²) in [6.07, 6.45) is 3.24. The van der Waals surface area contributed by atoms with Gasteiger partial charge in [-0.2, -0.15) is 0 Å². The maximum absolute atomic E-state index is 5.67. The Morgan fingerprint density at radius 2 is 2.00 bits per heavy atom. The molecular formula is C16H23NO2. The SMILES string of the molecule is COc1ccc2c(ccn2CCOCCC(C)C)c1. The second kappa shape index (κ2) is 6.62. The van der Waals surface area contributed by atoms with Crippen LogP contribution < -0.4 is 4.74 Å². The molecule has 3 nitrogen and oxygen atoms in total. The lowest BCUT2D eigenvalue weighted by atomic mass is 10.1. The highest BCUT2D eigenvalue weighted by molar-refractivity contribution is 5.81. The van der Waals surface area contributed by atoms with Crippen molar-refractivity contribution >= 4 is 10.9 Å². The molecule has 0 saturated heterocycles. The van der Waals surface area contributed by atoms with Crippen LogP contribution >= 0.6 is 0 Å². The summed E-state index contributed by atoms with van der Waals surface area (Å²) in [5, 5.41) is 1.21. The highest BCUT2D eigenvalue weighted by atomic mass is 16.5. The summed E-state index contributed by atoms with van der Waals surface area (Å²) in [7, 11) is 1.70. The van der Waals surface area contributed by atoms with Crippen LogP contribution in [-0.4, -0.2) is 24.9 Å². The van der Waals surface area contributed by atoms with Crippen LogP contribution in [0, 0.1) is 5.92 Å². The highest BCUT2D eigenvalue weighted by Gasteiger charge is 2.02. The fourth-order valence-corrected chi connectivity index (χ4v) is 2.08. The number of fused-ring (bicyclic) bond motifs is 1. The normalized spacial score (nSPS) is 11.4. The molecule has 0 radical (unpaired) electrons. The Hall–Kier alpha value is -1.48. The molecule has 0 N–H and O–H groups in total. The molecule has 0 aliphatic rings. The third-order valence-corrected chi connectivity index (χ3v) is 3.29. The molecule has 0 aliphatic heterocycles. The van der Waals surface area contributed by atoms with E-state index in [-0.39, 0.29) is 0 Å². The van der Waals surface area contributed by atoms with E-state index < -0.39 is 0 Å². The molecule has 2 rings (SSSR count). The van der Waals surface area contributed by atoms with Crippen LogP contribution in [-0.2, 0) is 11.3 Å². The maximum atomic E-state index is 5.67. The van der Waals surface area contributed by atoms with Crippen molar-refractivity contribution in [1.29, 1.82) is 0 Å². The average molecular weight is 261 g/mol. The Balaban J connectivity index is 1.90. The molecule has 0 fully saturated rings. The Morgan fingerprint density at radius 3 is 2.74 bits per heavy atom. The largest absolute Gasteiger partial charge is 0.497 e. The van der Waals surface area contributed by atoms with E-state index in [1.165, 1.54) is 10.9 Å². The Labute approximate surface area is 115 Å². The zero-order valence-corrected chi connectivity index (χ0v) is 12.1. The van der Waals surface area contributed by atoms with Crippen molar-refractivity contribution in [2.45, 2.75) is 26.8 Å². The monoisotopic (exact) mass is 261 g/mol. The summed E-state index contributed by atoms with van der Waals surface area (Å²) < 4.78 is 13.1. The van der Waals surface area contributed by atoms with E-state index in [0.29, 0.717) is 5.92 Å². The minimum atomic E-state index is 0.708. The van der Waals surface area contributed by atoms with Gasteiger partial charge in [0.15, 0.2) is 0 Å². The van der Waals surface area contributed by atoms with Gasteiger partial charge in [-0.15, -0.1) is 0 Å². The highest BCUT2D eigenvalue weighted by Crippen LogP contribution is 2.21. The zero-order chi connectivity index (χ0) is 13.7. The van der Waals surface area contributed by atoms with Crippen molar-refractivity contribution in [3.05, 3.63) is 30.5 Å². The average Bonchev–Trinajstić information content (AvgIpc) is 2.80. The summed E-state index contributed by atoms with van der Waals surface area (Å²) in [6, 6.07) is 8.28. The summed E-state index contributed by atoms with van der Waals surface area (Å²) in [5.41, 5.74) is 1.23. The first-order valence-corrected chi connectivity index (χ1v) is 6.91. The molecule has 1 heterocycles. The van der Waals surface area contributed by atoms with Gasteiger partial charge in [0, 0.05) is 30.3 Å². The number of aromatic nitrogens is 1. The van der Waals surface area contributed by atoms with Gasteiger partial charge in [0.05, 0.1) is 13.7 Å². The molecular weight excluding hydrogens is 238 g/mol. The molecule has 1 aromatic carbocycles. The van der Waals surface area contributed by atoms with Gasteiger partial charge in [-0.1, -0.05) is 13.8 Å². The Kier molecular flexibility index (Phi) is 4.86. The van der Waals surface area contributed by atoms with Crippen molar-refractivity contribution in [2.24, 2.45) is 5.92 Å². The molecule has 0 aliphatic carbocycles. The van der Waals surface area contributed by atoms with Crippen LogP contribution in [0.3, 0.4) is 0 Å². The van der Waals surface area contributed by atoms with Crippen LogP contribution in [0.15, 0.2) is 30.5 Å². The first-order valence-electron chi connectivity index (χ1n) is 6.91. The van der Waals surface area contributed by atoms with Gasteiger partial charge < -0.3 is 14.0 Å². The van der Waals surface area contributed by atoms with Gasteiger partial charge >= 0.3 is 0 Å². The molecule has 0 saturated carbocycles. The van der Waals surface area contributed by atoms with E-state index in [0.717, 1.165) is 31.9 Å². The van der Waals surface area contributed by atoms with E-state index in [4.69, 9.17) is 9.47 Å². The predicted molar refractivity (Wildman–Crippen MR) is 78.8 cm³/mol. The molecule has 0 spiro atoms. The zero-order valence-electron chi connectivity index (χ0n) is 12.1. The second-order valence-electron chi connectivity index (χ2n) is 5.23. The summed E-state index contributed by atoms with van der Waals surface area (Å²) in [6.45, 7) is 6.95. The van der Waals surface area contributed by atoms with E-state index in [2.05, 4.69) is 42.8 Å². The number of methoxy groups -OCH3 is 1. The van der Waals surface area contributed by atoms with E-state index >= 15 is 0 Å². The number of ether oxygens (including phenoxy) is 2. The minimum absolute atomic E-state index is 0.708. The third kappa shape index (κ3) is 3.74.